The van der Waals surface area contributed by atoms with Gasteiger partial charge in [0.25, 0.3) is 0 Å². The second-order valence-corrected chi connectivity index (χ2v) is 4.30. The number of phenols is 1. The lowest BCUT2D eigenvalue weighted by Crippen LogP contribution is -1.97. The Balaban J connectivity index is 2.36. The van der Waals surface area contributed by atoms with E-state index in [1.165, 1.54) is 10.8 Å². The number of hydrogen-bond acceptors (Lipinski definition) is 2. The molecule has 1 heterocycles. The third-order valence-corrected chi connectivity index (χ3v) is 3.11. The van der Waals surface area contributed by atoms with Crippen molar-refractivity contribution in [1.82, 2.24) is 4.57 Å². The van der Waals surface area contributed by atoms with Crippen LogP contribution in [-0.2, 0) is 0 Å². The fraction of sp³-hybridized carbons (Fsp3) is 0. The fourth-order valence-electron chi connectivity index (χ4n) is 2.18. The molecule has 3 aromatic rings. The first kappa shape index (κ1) is 12.2. The largest absolute Gasteiger partial charge is 0.505 e. The van der Waals surface area contributed by atoms with Gasteiger partial charge in [0.2, 0.25) is 0 Å². The molecule has 0 saturated carbocycles. The normalized spacial score (nSPS) is 10.7. The molecule has 5 heteroatoms. The van der Waals surface area contributed by atoms with Gasteiger partial charge in [0, 0.05) is 23.7 Å². The summed E-state index contributed by atoms with van der Waals surface area (Å²) in [6.07, 6.45) is 1.44. The van der Waals surface area contributed by atoms with Gasteiger partial charge in [0.15, 0.2) is 17.4 Å². The molecule has 2 aromatic carbocycles. The zero-order valence-corrected chi connectivity index (χ0v) is 10.1. The van der Waals surface area contributed by atoms with E-state index in [-0.39, 0.29) is 5.69 Å². The van der Waals surface area contributed by atoms with Crippen molar-refractivity contribution < 1.29 is 13.9 Å². The Kier molecular flexibility index (Phi) is 2.65. The molecule has 0 aliphatic heterocycles. The highest BCUT2D eigenvalue weighted by atomic mass is 19.1. The molecule has 3 rings (SSSR count). The van der Waals surface area contributed by atoms with Gasteiger partial charge in [-0.25, -0.2) is 8.78 Å². The molecule has 0 amide bonds. The molecule has 0 aliphatic rings. The molecule has 20 heavy (non-hydrogen) atoms. The highest BCUT2D eigenvalue weighted by Gasteiger charge is 2.15. The van der Waals surface area contributed by atoms with Crippen molar-refractivity contribution in [2.75, 3.05) is 0 Å². The summed E-state index contributed by atoms with van der Waals surface area (Å²) in [6, 6.07) is 10.6. The summed E-state index contributed by atoms with van der Waals surface area (Å²) < 4.78 is 28.8. The quantitative estimate of drug-likeness (QED) is 0.735. The van der Waals surface area contributed by atoms with Crippen LogP contribution in [0.1, 0.15) is 5.56 Å². The minimum Gasteiger partial charge on any atom is -0.505 e. The van der Waals surface area contributed by atoms with Crippen molar-refractivity contribution >= 4 is 10.9 Å². The van der Waals surface area contributed by atoms with Gasteiger partial charge in [-0.1, -0.05) is 18.2 Å². The Bertz CT molecular complexity index is 862. The maximum Gasteiger partial charge on any atom is 0.167 e. The minimum absolute atomic E-state index is 0.0574. The number of aromatic hydroxyl groups is 1. The van der Waals surface area contributed by atoms with Crippen LogP contribution in [0.15, 0.2) is 42.6 Å². The summed E-state index contributed by atoms with van der Waals surface area (Å²) in [6.45, 7) is 0. The number of halogens is 2. The Morgan fingerprint density at radius 1 is 1.10 bits per heavy atom. The second-order valence-electron chi connectivity index (χ2n) is 4.30. The van der Waals surface area contributed by atoms with E-state index in [1.807, 2.05) is 6.07 Å². The number of nitriles is 1. The van der Waals surface area contributed by atoms with Crippen LogP contribution in [0.25, 0.3) is 16.6 Å². The van der Waals surface area contributed by atoms with Gasteiger partial charge < -0.3 is 9.67 Å². The summed E-state index contributed by atoms with van der Waals surface area (Å²) in [4.78, 5) is 0. The zero-order chi connectivity index (χ0) is 14.3. The van der Waals surface area contributed by atoms with E-state index in [4.69, 9.17) is 10.4 Å². The molecule has 98 valence electrons. The molecule has 0 unspecified atom stereocenters. The van der Waals surface area contributed by atoms with Crippen molar-refractivity contribution in [3.63, 3.8) is 0 Å². The molecular weight excluding hydrogens is 262 g/mol. The Hall–Kier alpha value is -2.87. The van der Waals surface area contributed by atoms with Crippen LogP contribution < -0.4 is 0 Å². The van der Waals surface area contributed by atoms with Gasteiger partial charge in [-0.05, 0) is 6.07 Å². The number of phenolic OH excluding ortho intramolecular Hbond substituents is 1. The first-order chi connectivity index (χ1) is 9.61. The highest BCUT2D eigenvalue weighted by molar-refractivity contribution is 5.87. The molecule has 1 N–H and O–H groups in total. The number of hydrogen-bond donors (Lipinski definition) is 1. The van der Waals surface area contributed by atoms with Crippen molar-refractivity contribution in [2.45, 2.75) is 0 Å². The average molecular weight is 270 g/mol. The van der Waals surface area contributed by atoms with E-state index >= 15 is 0 Å². The highest BCUT2D eigenvalue weighted by Crippen LogP contribution is 2.28. The number of benzene rings is 2. The van der Waals surface area contributed by atoms with Gasteiger partial charge in [0.1, 0.15) is 6.07 Å². The van der Waals surface area contributed by atoms with Gasteiger partial charge in [-0.3, -0.25) is 0 Å². The summed E-state index contributed by atoms with van der Waals surface area (Å²) in [7, 11) is 0. The topological polar surface area (TPSA) is 49.0 Å². The van der Waals surface area contributed by atoms with Crippen LogP contribution in [0.4, 0.5) is 8.78 Å². The van der Waals surface area contributed by atoms with Crippen LogP contribution in [0.3, 0.4) is 0 Å². The summed E-state index contributed by atoms with van der Waals surface area (Å²) in [5, 5.41) is 18.9. The van der Waals surface area contributed by atoms with Crippen LogP contribution in [-0.4, -0.2) is 9.67 Å². The first-order valence-electron chi connectivity index (χ1n) is 5.80. The maximum atomic E-state index is 13.9. The van der Waals surface area contributed by atoms with Crippen molar-refractivity contribution in [1.29, 1.82) is 5.26 Å². The smallest absolute Gasteiger partial charge is 0.167 e. The van der Waals surface area contributed by atoms with Gasteiger partial charge in [0.05, 0.1) is 16.8 Å². The molecule has 0 saturated heterocycles. The van der Waals surface area contributed by atoms with Crippen LogP contribution >= 0.6 is 0 Å². The number of para-hydroxylation sites is 1. The van der Waals surface area contributed by atoms with Crippen molar-refractivity contribution in [2.24, 2.45) is 0 Å². The standard InChI is InChI=1S/C15H8F2N2O/c16-11-6-15(20)12(17)5-14(11)19-8-9(7-18)10-3-1-2-4-13(10)19/h1-6,8,20H. The van der Waals surface area contributed by atoms with Gasteiger partial charge in [-0.15, -0.1) is 0 Å². The Labute approximate surface area is 112 Å². The number of nitrogens with zero attached hydrogens (tertiary/aromatic N) is 2. The number of rotatable bonds is 1. The predicted octanol–water partition coefficient (Wildman–Crippen LogP) is 3.49. The van der Waals surface area contributed by atoms with Crippen LogP contribution in [0.5, 0.6) is 5.75 Å². The number of fused-ring (bicyclic) bond motifs is 1. The van der Waals surface area contributed by atoms with Crippen molar-refractivity contribution in [3.8, 4) is 17.5 Å². The van der Waals surface area contributed by atoms with E-state index in [9.17, 15) is 8.78 Å². The number of aromatic nitrogens is 1. The Morgan fingerprint density at radius 2 is 1.85 bits per heavy atom. The summed E-state index contributed by atoms with van der Waals surface area (Å²) in [5.74, 6) is -2.44. The van der Waals surface area contributed by atoms with E-state index in [0.717, 1.165) is 6.07 Å². The van der Waals surface area contributed by atoms with Crippen LogP contribution in [0.2, 0.25) is 0 Å². The molecule has 0 bridgehead atoms. The molecule has 0 spiro atoms. The Morgan fingerprint density at radius 3 is 2.60 bits per heavy atom. The predicted molar refractivity (Wildman–Crippen MR) is 69.6 cm³/mol. The van der Waals surface area contributed by atoms with E-state index < -0.39 is 17.4 Å². The monoisotopic (exact) mass is 270 g/mol. The molecule has 0 atom stereocenters. The first-order valence-corrected chi connectivity index (χ1v) is 5.80. The lowest BCUT2D eigenvalue weighted by atomic mass is 10.2. The lowest BCUT2D eigenvalue weighted by Gasteiger charge is -2.07. The lowest BCUT2D eigenvalue weighted by molar-refractivity contribution is 0.426. The molecular formula is C15H8F2N2O. The summed E-state index contributed by atoms with van der Waals surface area (Å²) >= 11 is 0. The molecule has 0 aliphatic carbocycles. The molecule has 3 nitrogen and oxygen atoms in total. The van der Waals surface area contributed by atoms with E-state index in [0.29, 0.717) is 22.5 Å². The molecule has 1 aromatic heterocycles. The third-order valence-electron chi connectivity index (χ3n) is 3.11. The van der Waals surface area contributed by atoms with Crippen LogP contribution in [0, 0.1) is 23.0 Å². The molecule has 0 radical (unpaired) electrons. The second kappa shape index (κ2) is 4.35. The third kappa shape index (κ3) is 1.70. The zero-order valence-electron chi connectivity index (χ0n) is 10.1. The van der Waals surface area contributed by atoms with E-state index in [1.54, 1.807) is 24.3 Å². The fourth-order valence-corrected chi connectivity index (χ4v) is 2.18. The van der Waals surface area contributed by atoms with Gasteiger partial charge in [-0.2, -0.15) is 5.26 Å². The minimum atomic E-state index is -0.919. The maximum absolute atomic E-state index is 13.9. The van der Waals surface area contributed by atoms with E-state index in [2.05, 4.69) is 0 Å². The SMILES string of the molecule is N#Cc1cn(-c2cc(F)c(O)cc2F)c2ccccc12. The van der Waals surface area contributed by atoms with Gasteiger partial charge >= 0.3 is 0 Å². The molecule has 0 fully saturated rings. The summed E-state index contributed by atoms with van der Waals surface area (Å²) in [5.41, 5.74) is 0.902. The van der Waals surface area contributed by atoms with Crippen molar-refractivity contribution in [3.05, 3.63) is 59.8 Å². The average Bonchev–Trinajstić information content (AvgIpc) is 2.82.